The van der Waals surface area contributed by atoms with Crippen molar-refractivity contribution in [2.75, 3.05) is 46.9 Å². The topological polar surface area (TPSA) is 42.0 Å². The van der Waals surface area contributed by atoms with Gasteiger partial charge in [-0.15, -0.1) is 0 Å². The summed E-state index contributed by atoms with van der Waals surface area (Å²) in [6.45, 7) is 4.94. The number of carbonyl (C=O) groups excluding carboxylic acids is 1. The van der Waals surface area contributed by atoms with E-state index in [-0.39, 0.29) is 17.5 Å². The number of nitrogens with zero attached hydrogens (tertiary/aromatic N) is 2. The Bertz CT molecular complexity index is 538. The Morgan fingerprint density at radius 1 is 1.43 bits per heavy atom. The quantitative estimate of drug-likeness (QED) is 0.748. The van der Waals surface area contributed by atoms with Crippen LogP contribution in [0.15, 0.2) is 24.3 Å². The second kappa shape index (κ2) is 7.75. The van der Waals surface area contributed by atoms with Gasteiger partial charge in [0.15, 0.2) is 17.2 Å². The van der Waals surface area contributed by atoms with Crippen molar-refractivity contribution >= 4 is 5.91 Å². The first-order valence-electron chi connectivity index (χ1n) is 7.88. The number of likely N-dealkylation sites (N-methyl/N-ethyl adjacent to an activating group) is 1. The van der Waals surface area contributed by atoms with Crippen molar-refractivity contribution in [1.29, 1.82) is 0 Å². The predicted octanol–water partition coefficient (Wildman–Crippen LogP) is 1.77. The molecule has 1 aliphatic rings. The molecule has 1 aromatic carbocycles. The van der Waals surface area contributed by atoms with Crippen molar-refractivity contribution in [3.05, 3.63) is 30.1 Å². The zero-order valence-corrected chi connectivity index (χ0v) is 14.0. The first-order valence-corrected chi connectivity index (χ1v) is 7.88. The third-order valence-electron chi connectivity index (χ3n) is 3.92. The van der Waals surface area contributed by atoms with Crippen LogP contribution in [0.2, 0.25) is 0 Å². The highest BCUT2D eigenvalue weighted by atomic mass is 19.1. The van der Waals surface area contributed by atoms with Gasteiger partial charge in [-0.05, 0) is 25.5 Å². The average molecular weight is 324 g/mol. The molecule has 6 heteroatoms. The lowest BCUT2D eigenvalue weighted by Gasteiger charge is -2.40. The number of morpholine rings is 1. The summed E-state index contributed by atoms with van der Waals surface area (Å²) in [7, 11) is 3.47. The summed E-state index contributed by atoms with van der Waals surface area (Å²) in [6.07, 6.45) is 0.764. The highest BCUT2D eigenvalue weighted by molar-refractivity contribution is 5.84. The van der Waals surface area contributed by atoms with Gasteiger partial charge >= 0.3 is 0 Å². The van der Waals surface area contributed by atoms with E-state index in [1.807, 2.05) is 6.92 Å². The lowest BCUT2D eigenvalue weighted by Crippen LogP contribution is -2.58. The Morgan fingerprint density at radius 3 is 2.87 bits per heavy atom. The first-order chi connectivity index (χ1) is 10.9. The van der Waals surface area contributed by atoms with Gasteiger partial charge in [-0.3, -0.25) is 9.69 Å². The summed E-state index contributed by atoms with van der Waals surface area (Å²) in [5.41, 5.74) is -0.797. The molecule has 1 amide bonds. The van der Waals surface area contributed by atoms with Crippen LogP contribution in [-0.4, -0.2) is 68.3 Å². The SMILES string of the molecule is CN(C)C(=O)C1(C)CN(CCCOc2ccccc2F)CCO1. The lowest BCUT2D eigenvalue weighted by atomic mass is 10.0. The molecule has 1 fully saturated rings. The summed E-state index contributed by atoms with van der Waals surface area (Å²) < 4.78 is 24.6. The highest BCUT2D eigenvalue weighted by Crippen LogP contribution is 2.20. The Morgan fingerprint density at radius 2 is 2.17 bits per heavy atom. The molecule has 0 N–H and O–H groups in total. The van der Waals surface area contributed by atoms with Crippen LogP contribution >= 0.6 is 0 Å². The molecular weight excluding hydrogens is 299 g/mol. The molecule has 23 heavy (non-hydrogen) atoms. The number of benzene rings is 1. The molecule has 1 unspecified atom stereocenters. The van der Waals surface area contributed by atoms with Crippen LogP contribution in [-0.2, 0) is 9.53 Å². The second-order valence-electron chi connectivity index (χ2n) is 6.19. The van der Waals surface area contributed by atoms with Crippen LogP contribution < -0.4 is 4.74 Å². The largest absolute Gasteiger partial charge is 0.490 e. The zero-order valence-electron chi connectivity index (χ0n) is 14.0. The molecule has 1 heterocycles. The second-order valence-corrected chi connectivity index (χ2v) is 6.19. The van der Waals surface area contributed by atoms with E-state index in [1.54, 1.807) is 37.2 Å². The van der Waals surface area contributed by atoms with Gasteiger partial charge in [0, 0.05) is 33.7 Å². The van der Waals surface area contributed by atoms with Crippen LogP contribution in [0.1, 0.15) is 13.3 Å². The molecule has 128 valence electrons. The number of carbonyl (C=O) groups is 1. The number of hydrogen-bond donors (Lipinski definition) is 0. The number of halogens is 1. The molecule has 1 saturated heterocycles. The average Bonchev–Trinajstić information content (AvgIpc) is 2.52. The maximum absolute atomic E-state index is 13.4. The third-order valence-corrected chi connectivity index (χ3v) is 3.92. The molecule has 0 radical (unpaired) electrons. The molecule has 1 aromatic rings. The summed E-state index contributed by atoms with van der Waals surface area (Å²) in [6, 6.07) is 6.39. The molecular formula is C17H25FN2O3. The van der Waals surface area contributed by atoms with Gasteiger partial charge in [-0.2, -0.15) is 0 Å². The molecule has 0 aliphatic carbocycles. The zero-order chi connectivity index (χ0) is 16.9. The normalized spacial score (nSPS) is 21.9. The van der Waals surface area contributed by atoms with Gasteiger partial charge in [0.25, 0.3) is 5.91 Å². The van der Waals surface area contributed by atoms with Crippen LogP contribution in [0.5, 0.6) is 5.75 Å². The van der Waals surface area contributed by atoms with Crippen molar-refractivity contribution in [2.24, 2.45) is 0 Å². The van der Waals surface area contributed by atoms with E-state index in [9.17, 15) is 9.18 Å². The van der Waals surface area contributed by atoms with Crippen LogP contribution in [0, 0.1) is 5.82 Å². The molecule has 0 saturated carbocycles. The Balaban J connectivity index is 1.78. The summed E-state index contributed by atoms with van der Waals surface area (Å²) in [5, 5.41) is 0. The van der Waals surface area contributed by atoms with E-state index in [4.69, 9.17) is 9.47 Å². The van der Waals surface area contributed by atoms with E-state index in [2.05, 4.69) is 4.90 Å². The standard InChI is InChI=1S/C17H25FN2O3/c1-17(16(21)19(2)3)13-20(10-12-23-17)9-6-11-22-15-8-5-4-7-14(15)18/h4-5,7-8H,6,9-13H2,1-3H3. The molecule has 5 nitrogen and oxygen atoms in total. The summed E-state index contributed by atoms with van der Waals surface area (Å²) >= 11 is 0. The van der Waals surface area contributed by atoms with Gasteiger partial charge in [0.1, 0.15) is 0 Å². The molecule has 1 aliphatic heterocycles. The number of amides is 1. The van der Waals surface area contributed by atoms with Gasteiger partial charge < -0.3 is 14.4 Å². The van der Waals surface area contributed by atoms with E-state index in [0.717, 1.165) is 19.5 Å². The van der Waals surface area contributed by atoms with Crippen molar-refractivity contribution < 1.29 is 18.7 Å². The minimum absolute atomic E-state index is 0.0233. The fourth-order valence-corrected chi connectivity index (χ4v) is 2.78. The number of ether oxygens (including phenoxy) is 2. The highest BCUT2D eigenvalue weighted by Gasteiger charge is 2.39. The minimum atomic E-state index is -0.797. The fourth-order valence-electron chi connectivity index (χ4n) is 2.78. The van der Waals surface area contributed by atoms with Gasteiger partial charge in [0.05, 0.1) is 13.2 Å². The van der Waals surface area contributed by atoms with Crippen LogP contribution in [0.3, 0.4) is 0 Å². The predicted molar refractivity (Wildman–Crippen MR) is 86.0 cm³/mol. The first kappa shape index (κ1) is 17.7. The fraction of sp³-hybridized carbons (Fsp3) is 0.588. The Labute approximate surface area is 137 Å². The molecule has 0 bridgehead atoms. The Hall–Kier alpha value is -1.66. The molecule has 1 atom stereocenters. The number of rotatable bonds is 6. The van der Waals surface area contributed by atoms with Gasteiger partial charge in [0.2, 0.25) is 0 Å². The number of hydrogen-bond acceptors (Lipinski definition) is 4. The summed E-state index contributed by atoms with van der Waals surface area (Å²) in [4.78, 5) is 16.0. The summed E-state index contributed by atoms with van der Waals surface area (Å²) in [5.74, 6) is -0.0880. The maximum atomic E-state index is 13.4. The van der Waals surface area contributed by atoms with E-state index >= 15 is 0 Å². The van der Waals surface area contributed by atoms with Crippen LogP contribution in [0.4, 0.5) is 4.39 Å². The lowest BCUT2D eigenvalue weighted by molar-refractivity contribution is -0.165. The smallest absolute Gasteiger partial charge is 0.255 e. The molecule has 0 aromatic heterocycles. The monoisotopic (exact) mass is 324 g/mol. The minimum Gasteiger partial charge on any atom is -0.490 e. The van der Waals surface area contributed by atoms with Crippen molar-refractivity contribution in [3.63, 3.8) is 0 Å². The Kier molecular flexibility index (Phi) is 5.96. The third kappa shape index (κ3) is 4.65. The van der Waals surface area contributed by atoms with E-state index in [0.29, 0.717) is 19.8 Å². The van der Waals surface area contributed by atoms with Gasteiger partial charge in [-0.1, -0.05) is 12.1 Å². The van der Waals surface area contributed by atoms with E-state index in [1.165, 1.54) is 6.07 Å². The van der Waals surface area contributed by atoms with Crippen molar-refractivity contribution in [1.82, 2.24) is 9.80 Å². The van der Waals surface area contributed by atoms with Crippen LogP contribution in [0.25, 0.3) is 0 Å². The van der Waals surface area contributed by atoms with Gasteiger partial charge in [-0.25, -0.2) is 4.39 Å². The van der Waals surface area contributed by atoms with Crippen molar-refractivity contribution in [3.8, 4) is 5.75 Å². The molecule has 0 spiro atoms. The maximum Gasteiger partial charge on any atom is 0.255 e. The molecule has 2 rings (SSSR count). The van der Waals surface area contributed by atoms with Crippen molar-refractivity contribution in [2.45, 2.75) is 18.9 Å². The van der Waals surface area contributed by atoms with E-state index < -0.39 is 5.60 Å². The number of para-hydroxylation sites is 1.